The van der Waals surface area contributed by atoms with E-state index < -0.39 is 10.7 Å². The fourth-order valence-electron chi connectivity index (χ4n) is 3.38. The average Bonchev–Trinajstić information content (AvgIpc) is 2.91. The normalized spacial score (nSPS) is 20.1. The maximum Gasteiger partial charge on any atom is 0.258 e. The molecule has 0 radical (unpaired) electrons. The van der Waals surface area contributed by atoms with Crippen LogP contribution in [0.1, 0.15) is 32.0 Å². The molecule has 0 fully saturated rings. The topological polar surface area (TPSA) is 40.5 Å². The minimum absolute atomic E-state index is 0.233. The van der Waals surface area contributed by atoms with Crippen molar-refractivity contribution in [2.24, 2.45) is 0 Å². The number of carbonyl (C=O) groups is 1. The first-order valence-electron chi connectivity index (χ1n) is 8.14. The second kappa shape index (κ2) is 6.54. The summed E-state index contributed by atoms with van der Waals surface area (Å²) in [5.41, 5.74) is 0.919. The average molecular weight is 429 g/mol. The van der Waals surface area contributed by atoms with Gasteiger partial charge in [0.15, 0.2) is 5.72 Å². The number of hydrogen-bond acceptors (Lipinski definition) is 2. The van der Waals surface area contributed by atoms with Crippen LogP contribution in [-0.4, -0.2) is 15.9 Å². The van der Waals surface area contributed by atoms with E-state index in [2.05, 4.69) is 15.9 Å². The molecular weight excluding hydrogens is 414 g/mol. The third kappa shape index (κ3) is 2.57. The number of fused-ring (bicyclic) bond motifs is 1. The summed E-state index contributed by atoms with van der Waals surface area (Å²) in [4.78, 5) is 14.1. The van der Waals surface area contributed by atoms with Gasteiger partial charge >= 0.3 is 0 Å². The zero-order valence-corrected chi connectivity index (χ0v) is 16.0. The van der Waals surface area contributed by atoms with E-state index in [1.165, 1.54) is 4.90 Å². The van der Waals surface area contributed by atoms with E-state index in [1.54, 1.807) is 42.5 Å². The van der Waals surface area contributed by atoms with Gasteiger partial charge in [-0.3, -0.25) is 9.69 Å². The van der Waals surface area contributed by atoms with E-state index >= 15 is 0 Å². The molecular formula is C21H15BrClNO2. The Morgan fingerprint density at radius 3 is 2.23 bits per heavy atom. The highest BCUT2D eigenvalue weighted by Gasteiger charge is 2.52. The molecule has 4 rings (SSSR count). The van der Waals surface area contributed by atoms with Crippen molar-refractivity contribution in [1.82, 2.24) is 4.90 Å². The van der Waals surface area contributed by atoms with Gasteiger partial charge in [0, 0.05) is 21.7 Å². The first-order chi connectivity index (χ1) is 12.5. The number of benzene rings is 3. The van der Waals surface area contributed by atoms with Crippen LogP contribution in [-0.2, 0) is 5.72 Å². The van der Waals surface area contributed by atoms with Crippen LogP contribution in [0.25, 0.3) is 0 Å². The third-order valence-electron chi connectivity index (χ3n) is 4.65. The van der Waals surface area contributed by atoms with Crippen molar-refractivity contribution in [3.05, 3.63) is 106 Å². The first-order valence-corrected chi connectivity index (χ1v) is 9.43. The fourth-order valence-corrected chi connectivity index (χ4v) is 4.30. The van der Waals surface area contributed by atoms with Crippen LogP contribution in [0.5, 0.6) is 0 Å². The van der Waals surface area contributed by atoms with Gasteiger partial charge in [-0.1, -0.05) is 88.2 Å². The zero-order chi connectivity index (χ0) is 18.3. The lowest BCUT2D eigenvalue weighted by atomic mass is 9.93. The number of carbonyl (C=O) groups excluding carboxylic acids is 1. The van der Waals surface area contributed by atoms with Crippen molar-refractivity contribution >= 4 is 33.4 Å². The second-order valence-electron chi connectivity index (χ2n) is 6.15. The van der Waals surface area contributed by atoms with Gasteiger partial charge < -0.3 is 5.11 Å². The van der Waals surface area contributed by atoms with E-state index in [1.807, 2.05) is 36.4 Å². The summed E-state index contributed by atoms with van der Waals surface area (Å²) in [7, 11) is 0. The minimum atomic E-state index is -1.59. The van der Waals surface area contributed by atoms with Crippen LogP contribution in [0.3, 0.4) is 0 Å². The van der Waals surface area contributed by atoms with Crippen LogP contribution < -0.4 is 0 Å². The summed E-state index contributed by atoms with van der Waals surface area (Å²) in [5.74, 6) is -0.233. The Balaban J connectivity index is 1.92. The number of halogens is 2. The summed E-state index contributed by atoms with van der Waals surface area (Å²) in [6.07, 6.45) is 0. The van der Waals surface area contributed by atoms with Crippen LogP contribution >= 0.6 is 27.5 Å². The number of aliphatic hydroxyl groups is 1. The molecule has 0 saturated carbocycles. The highest BCUT2D eigenvalue weighted by atomic mass is 79.9. The number of rotatable bonds is 3. The molecule has 0 bridgehead atoms. The number of amides is 1. The van der Waals surface area contributed by atoms with Crippen molar-refractivity contribution < 1.29 is 9.90 Å². The molecule has 0 saturated heterocycles. The Bertz CT molecular complexity index is 961. The van der Waals surface area contributed by atoms with Crippen molar-refractivity contribution in [2.45, 2.75) is 10.7 Å². The monoisotopic (exact) mass is 427 g/mol. The molecule has 3 aromatic rings. The van der Waals surface area contributed by atoms with Gasteiger partial charge in [0.05, 0.1) is 0 Å². The molecule has 2 atom stereocenters. The van der Waals surface area contributed by atoms with E-state index in [-0.39, 0.29) is 5.91 Å². The summed E-state index contributed by atoms with van der Waals surface area (Å²) in [5, 5.41) is 12.4. The highest BCUT2D eigenvalue weighted by Crippen LogP contribution is 2.48. The smallest absolute Gasteiger partial charge is 0.258 e. The minimum Gasteiger partial charge on any atom is -0.363 e. The quantitative estimate of drug-likeness (QED) is 0.467. The molecule has 3 nitrogen and oxygen atoms in total. The molecule has 0 aliphatic carbocycles. The van der Waals surface area contributed by atoms with Crippen molar-refractivity contribution in [3.8, 4) is 0 Å². The molecule has 1 heterocycles. The van der Waals surface area contributed by atoms with E-state index in [9.17, 15) is 9.90 Å². The molecule has 1 aliphatic rings. The third-order valence-corrected chi connectivity index (χ3v) is 5.84. The zero-order valence-electron chi connectivity index (χ0n) is 13.6. The summed E-state index contributed by atoms with van der Waals surface area (Å²) in [6.45, 7) is 0. The van der Waals surface area contributed by atoms with E-state index in [0.29, 0.717) is 21.7 Å². The van der Waals surface area contributed by atoms with Gasteiger partial charge in [-0.05, 0) is 23.8 Å². The molecule has 3 aromatic carbocycles. The standard InChI is InChI=1S/C21H15BrClNO2/c22-19(14-6-2-1-3-7-14)24-20(25)17-8-4-5-9-18(17)21(24,26)15-10-12-16(23)13-11-15/h1-13,19,26H. The molecule has 1 N–H and O–H groups in total. The number of nitrogens with zero attached hydrogens (tertiary/aromatic N) is 1. The van der Waals surface area contributed by atoms with Gasteiger partial charge in [0.2, 0.25) is 0 Å². The van der Waals surface area contributed by atoms with Crippen molar-refractivity contribution in [3.63, 3.8) is 0 Å². The van der Waals surface area contributed by atoms with Gasteiger partial charge in [-0.15, -0.1) is 0 Å². The molecule has 26 heavy (non-hydrogen) atoms. The first kappa shape index (κ1) is 17.3. The second-order valence-corrected chi connectivity index (χ2v) is 7.45. The Morgan fingerprint density at radius 2 is 1.54 bits per heavy atom. The molecule has 0 aromatic heterocycles. The SMILES string of the molecule is O=C1c2ccccc2C(O)(c2ccc(Cl)cc2)N1C(Br)c1ccccc1. The van der Waals surface area contributed by atoms with Gasteiger partial charge in [-0.25, -0.2) is 0 Å². The van der Waals surface area contributed by atoms with Crippen LogP contribution in [0.2, 0.25) is 5.02 Å². The lowest BCUT2D eigenvalue weighted by Gasteiger charge is -2.38. The fraction of sp³-hybridized carbons (Fsp3) is 0.0952. The molecule has 130 valence electrons. The predicted octanol–water partition coefficient (Wildman–Crippen LogP) is 5.08. The Kier molecular flexibility index (Phi) is 4.35. The summed E-state index contributed by atoms with van der Waals surface area (Å²) in [6, 6.07) is 23.6. The predicted molar refractivity (Wildman–Crippen MR) is 105 cm³/mol. The highest BCUT2D eigenvalue weighted by molar-refractivity contribution is 9.09. The van der Waals surface area contributed by atoms with Crippen molar-refractivity contribution in [1.29, 1.82) is 0 Å². The molecule has 1 amide bonds. The van der Waals surface area contributed by atoms with Crippen LogP contribution in [0, 0.1) is 0 Å². The van der Waals surface area contributed by atoms with E-state index in [0.717, 1.165) is 5.56 Å². The number of alkyl halides is 1. The van der Waals surface area contributed by atoms with E-state index in [4.69, 9.17) is 11.6 Å². The molecule has 1 aliphatic heterocycles. The van der Waals surface area contributed by atoms with Gasteiger partial charge in [-0.2, -0.15) is 0 Å². The Hall–Kier alpha value is -2.14. The number of hydrogen-bond donors (Lipinski definition) is 1. The lowest BCUT2D eigenvalue weighted by Crippen LogP contribution is -2.45. The van der Waals surface area contributed by atoms with Gasteiger partial charge in [0.25, 0.3) is 5.91 Å². The Labute approximate surface area is 165 Å². The lowest BCUT2D eigenvalue weighted by molar-refractivity contribution is -0.0549. The molecule has 2 unspecified atom stereocenters. The maximum absolute atomic E-state index is 13.2. The Morgan fingerprint density at radius 1 is 0.923 bits per heavy atom. The summed E-state index contributed by atoms with van der Waals surface area (Å²) >= 11 is 9.63. The summed E-state index contributed by atoms with van der Waals surface area (Å²) < 4.78 is 0. The molecule has 0 spiro atoms. The van der Waals surface area contributed by atoms with Crippen molar-refractivity contribution in [2.75, 3.05) is 0 Å². The van der Waals surface area contributed by atoms with Gasteiger partial charge in [0.1, 0.15) is 4.95 Å². The van der Waals surface area contributed by atoms with Crippen LogP contribution in [0.4, 0.5) is 0 Å². The van der Waals surface area contributed by atoms with Crippen LogP contribution in [0.15, 0.2) is 78.9 Å². The maximum atomic E-state index is 13.2. The molecule has 5 heteroatoms. The largest absolute Gasteiger partial charge is 0.363 e.